The van der Waals surface area contributed by atoms with E-state index < -0.39 is 10.0 Å². The summed E-state index contributed by atoms with van der Waals surface area (Å²) >= 11 is 0. The van der Waals surface area contributed by atoms with Gasteiger partial charge >= 0.3 is 0 Å². The monoisotopic (exact) mass is 364 g/mol. The zero-order chi connectivity index (χ0) is 18.1. The van der Waals surface area contributed by atoms with Crippen LogP contribution in [0.2, 0.25) is 0 Å². The van der Waals surface area contributed by atoms with Crippen molar-refractivity contribution in [3.63, 3.8) is 0 Å². The lowest BCUT2D eigenvalue weighted by Gasteiger charge is -2.26. The Bertz CT molecular complexity index is 689. The van der Waals surface area contributed by atoms with Crippen LogP contribution in [-0.2, 0) is 15.4 Å². The Morgan fingerprint density at radius 2 is 1.88 bits per heavy atom. The average molecular weight is 365 g/mol. The summed E-state index contributed by atoms with van der Waals surface area (Å²) in [5.74, 6) is 1.47. The van der Waals surface area contributed by atoms with Crippen molar-refractivity contribution in [2.24, 2.45) is 11.8 Å². The molecule has 1 heterocycles. The molecule has 25 heavy (non-hydrogen) atoms. The molecule has 0 spiro atoms. The third-order valence-corrected chi connectivity index (χ3v) is 6.83. The van der Waals surface area contributed by atoms with Crippen LogP contribution in [0, 0.1) is 11.8 Å². The number of anilines is 1. The van der Waals surface area contributed by atoms with Crippen molar-refractivity contribution in [2.45, 2.75) is 51.4 Å². The fourth-order valence-corrected chi connectivity index (χ4v) is 5.56. The van der Waals surface area contributed by atoms with Crippen molar-refractivity contribution in [3.05, 3.63) is 29.8 Å². The highest BCUT2D eigenvalue weighted by Gasteiger charge is 2.67. The van der Waals surface area contributed by atoms with Crippen LogP contribution in [0.25, 0.3) is 0 Å². The van der Waals surface area contributed by atoms with Crippen molar-refractivity contribution >= 4 is 15.7 Å². The molecule has 1 N–H and O–H groups in total. The number of fused-ring (bicyclic) bond motifs is 1. The standard InChI is InChI=1S/C20H32N2O2S/c1-4-6-7-8-12-22-14-18-19(15-22)20(18,5-2)16-10-9-11-17(13-16)21-25(3,23)24/h9-11,13,18-19,21H,4-8,12,14-15H2,1-3H3/t18-,19+,20?. The van der Waals surface area contributed by atoms with E-state index in [1.165, 1.54) is 57.1 Å². The number of benzene rings is 1. The molecule has 0 radical (unpaired) electrons. The Labute approximate surface area is 153 Å². The first kappa shape index (κ1) is 18.7. The molecule has 5 heteroatoms. The second-order valence-corrected chi connectivity index (χ2v) is 9.63. The van der Waals surface area contributed by atoms with E-state index in [1.54, 1.807) is 0 Å². The molecule has 2 fully saturated rings. The summed E-state index contributed by atoms with van der Waals surface area (Å²) < 4.78 is 25.7. The fourth-order valence-electron chi connectivity index (χ4n) is 5.00. The Morgan fingerprint density at radius 1 is 1.16 bits per heavy atom. The van der Waals surface area contributed by atoms with Gasteiger partial charge in [0.05, 0.1) is 6.26 Å². The molecule has 1 aromatic rings. The number of sulfonamides is 1. The molecule has 2 aliphatic rings. The third kappa shape index (κ3) is 3.87. The maximum Gasteiger partial charge on any atom is 0.229 e. The summed E-state index contributed by atoms with van der Waals surface area (Å²) in [5.41, 5.74) is 2.26. The second-order valence-electron chi connectivity index (χ2n) is 7.88. The van der Waals surface area contributed by atoms with Crippen molar-refractivity contribution in [1.29, 1.82) is 0 Å². The Balaban J connectivity index is 1.64. The fraction of sp³-hybridized carbons (Fsp3) is 0.700. The molecule has 0 amide bonds. The SMILES string of the molecule is CCCCCCN1C[C@@H]2[C@H](C1)C2(CC)c1cccc(NS(C)(=O)=O)c1. The van der Waals surface area contributed by atoms with Crippen LogP contribution in [0.4, 0.5) is 5.69 Å². The normalized spacial score (nSPS) is 28.8. The number of hydrogen-bond donors (Lipinski definition) is 1. The highest BCUT2D eigenvalue weighted by molar-refractivity contribution is 7.92. The van der Waals surface area contributed by atoms with Crippen LogP contribution in [-0.4, -0.2) is 39.2 Å². The molecule has 0 bridgehead atoms. The Morgan fingerprint density at radius 3 is 2.48 bits per heavy atom. The number of piperidine rings is 1. The van der Waals surface area contributed by atoms with Gasteiger partial charge < -0.3 is 4.90 Å². The average Bonchev–Trinajstić information content (AvgIpc) is 2.94. The van der Waals surface area contributed by atoms with Crippen LogP contribution in [0.1, 0.15) is 51.5 Å². The van der Waals surface area contributed by atoms with Gasteiger partial charge in [-0.25, -0.2) is 8.42 Å². The summed E-state index contributed by atoms with van der Waals surface area (Å²) in [6.07, 6.45) is 7.65. The lowest BCUT2D eigenvalue weighted by atomic mass is 9.87. The molecular formula is C20H32N2O2S. The minimum atomic E-state index is -3.23. The van der Waals surface area contributed by atoms with E-state index in [2.05, 4.69) is 35.6 Å². The van der Waals surface area contributed by atoms with E-state index in [-0.39, 0.29) is 5.41 Å². The van der Waals surface area contributed by atoms with Crippen LogP contribution in [0.3, 0.4) is 0 Å². The van der Waals surface area contributed by atoms with Gasteiger partial charge in [-0.15, -0.1) is 0 Å². The molecule has 4 nitrogen and oxygen atoms in total. The summed E-state index contributed by atoms with van der Waals surface area (Å²) in [5, 5.41) is 0. The van der Waals surface area contributed by atoms with Gasteiger partial charge in [-0.3, -0.25) is 4.72 Å². The molecule has 0 aromatic heterocycles. The zero-order valence-electron chi connectivity index (χ0n) is 15.8. The van der Waals surface area contributed by atoms with Crippen molar-refractivity contribution in [3.8, 4) is 0 Å². The molecule has 1 aromatic carbocycles. The number of nitrogens with one attached hydrogen (secondary N) is 1. The third-order valence-electron chi connectivity index (χ3n) is 6.23. The lowest BCUT2D eigenvalue weighted by molar-refractivity contribution is 0.263. The predicted molar refractivity (Wildman–Crippen MR) is 104 cm³/mol. The molecule has 3 rings (SSSR count). The van der Waals surface area contributed by atoms with Crippen LogP contribution in [0.5, 0.6) is 0 Å². The first-order valence-electron chi connectivity index (χ1n) is 9.71. The van der Waals surface area contributed by atoms with E-state index in [0.29, 0.717) is 5.69 Å². The van der Waals surface area contributed by atoms with Crippen molar-refractivity contribution in [1.82, 2.24) is 4.90 Å². The first-order chi connectivity index (χ1) is 11.9. The zero-order valence-corrected chi connectivity index (χ0v) is 16.6. The minimum absolute atomic E-state index is 0.259. The molecule has 1 aliphatic heterocycles. The molecule has 140 valence electrons. The quantitative estimate of drug-likeness (QED) is 0.677. The highest BCUT2D eigenvalue weighted by Crippen LogP contribution is 2.65. The first-order valence-corrected chi connectivity index (χ1v) is 11.6. The predicted octanol–water partition coefficient (Wildman–Crippen LogP) is 3.85. The lowest BCUT2D eigenvalue weighted by Crippen LogP contribution is -2.31. The van der Waals surface area contributed by atoms with Crippen LogP contribution < -0.4 is 4.72 Å². The molecule has 1 aliphatic carbocycles. The van der Waals surface area contributed by atoms with Gasteiger partial charge in [0.2, 0.25) is 10.0 Å². The Hall–Kier alpha value is -1.07. The van der Waals surface area contributed by atoms with E-state index in [1.807, 2.05) is 12.1 Å². The van der Waals surface area contributed by atoms with E-state index in [0.717, 1.165) is 18.3 Å². The van der Waals surface area contributed by atoms with Crippen molar-refractivity contribution < 1.29 is 8.42 Å². The van der Waals surface area contributed by atoms with E-state index >= 15 is 0 Å². The van der Waals surface area contributed by atoms with Gasteiger partial charge in [-0.1, -0.05) is 45.2 Å². The Kier molecular flexibility index (Phi) is 5.45. The summed E-state index contributed by atoms with van der Waals surface area (Å²) in [6, 6.07) is 8.05. The van der Waals surface area contributed by atoms with E-state index in [9.17, 15) is 8.42 Å². The minimum Gasteiger partial charge on any atom is -0.303 e. The molecule has 1 unspecified atom stereocenters. The number of hydrogen-bond acceptors (Lipinski definition) is 3. The van der Waals surface area contributed by atoms with E-state index in [4.69, 9.17) is 0 Å². The summed E-state index contributed by atoms with van der Waals surface area (Å²) in [4.78, 5) is 2.64. The summed E-state index contributed by atoms with van der Waals surface area (Å²) in [6.45, 7) is 8.18. The van der Waals surface area contributed by atoms with Gasteiger partial charge in [-0.05, 0) is 48.9 Å². The molecule has 1 saturated carbocycles. The molecule has 1 saturated heterocycles. The number of unbranched alkanes of at least 4 members (excludes halogenated alkanes) is 3. The van der Waals surface area contributed by atoms with Crippen LogP contribution >= 0.6 is 0 Å². The largest absolute Gasteiger partial charge is 0.303 e. The van der Waals surface area contributed by atoms with Gasteiger partial charge in [-0.2, -0.15) is 0 Å². The second kappa shape index (κ2) is 7.28. The maximum atomic E-state index is 11.5. The number of likely N-dealkylation sites (tertiary alicyclic amines) is 1. The highest BCUT2D eigenvalue weighted by atomic mass is 32.2. The van der Waals surface area contributed by atoms with Gasteiger partial charge in [0, 0.05) is 24.2 Å². The maximum absolute atomic E-state index is 11.5. The van der Waals surface area contributed by atoms with Gasteiger partial charge in [0.25, 0.3) is 0 Å². The molecule has 3 atom stereocenters. The number of nitrogens with zero attached hydrogens (tertiary/aromatic N) is 1. The van der Waals surface area contributed by atoms with Crippen molar-refractivity contribution in [2.75, 3.05) is 30.6 Å². The smallest absolute Gasteiger partial charge is 0.229 e. The van der Waals surface area contributed by atoms with Gasteiger partial charge in [0.15, 0.2) is 0 Å². The topological polar surface area (TPSA) is 49.4 Å². The number of rotatable bonds is 9. The summed E-state index contributed by atoms with van der Waals surface area (Å²) in [7, 11) is -3.23. The van der Waals surface area contributed by atoms with Crippen LogP contribution in [0.15, 0.2) is 24.3 Å². The molecular weight excluding hydrogens is 332 g/mol. The van der Waals surface area contributed by atoms with Gasteiger partial charge in [0.1, 0.15) is 0 Å².